The zero-order valence-electron chi connectivity index (χ0n) is 15.6. The van der Waals surface area contributed by atoms with Crippen LogP contribution in [0.4, 0.5) is 0 Å². The second-order valence-electron chi connectivity index (χ2n) is 6.91. The van der Waals surface area contributed by atoms with Gasteiger partial charge < -0.3 is 9.47 Å². The van der Waals surface area contributed by atoms with Gasteiger partial charge in [0.25, 0.3) is 0 Å². The van der Waals surface area contributed by atoms with Gasteiger partial charge in [0.15, 0.2) is 0 Å². The Morgan fingerprint density at radius 1 is 1.00 bits per heavy atom. The fourth-order valence-corrected chi connectivity index (χ4v) is 3.17. The summed E-state index contributed by atoms with van der Waals surface area (Å²) in [6.45, 7) is 0.186. The van der Waals surface area contributed by atoms with Gasteiger partial charge in [-0.1, -0.05) is 25.7 Å². The van der Waals surface area contributed by atoms with Crippen molar-refractivity contribution in [3.8, 4) is 30.4 Å². The highest BCUT2D eigenvalue weighted by atomic mass is 16.5. The molecule has 1 fully saturated rings. The summed E-state index contributed by atoms with van der Waals surface area (Å²) in [5.74, 6) is 4.82. The quantitative estimate of drug-likeness (QED) is 0.311. The van der Waals surface area contributed by atoms with Crippen molar-refractivity contribution in [2.24, 2.45) is 11.8 Å². The lowest BCUT2D eigenvalue weighted by Gasteiger charge is -2.13. The van der Waals surface area contributed by atoms with E-state index in [0.717, 1.165) is 25.7 Å². The molecule has 0 aliphatic heterocycles. The number of esters is 2. The Labute approximate surface area is 161 Å². The summed E-state index contributed by atoms with van der Waals surface area (Å²) >= 11 is 0. The van der Waals surface area contributed by atoms with Gasteiger partial charge in [-0.25, -0.2) is 4.79 Å². The first kappa shape index (κ1) is 20.6. The molecule has 0 spiro atoms. The van der Waals surface area contributed by atoms with E-state index < -0.39 is 5.97 Å². The summed E-state index contributed by atoms with van der Waals surface area (Å²) in [5, 5.41) is 0. The monoisotopic (exact) mass is 366 g/mol. The average molecular weight is 366 g/mol. The van der Waals surface area contributed by atoms with E-state index in [0.29, 0.717) is 24.2 Å². The molecule has 1 aliphatic rings. The van der Waals surface area contributed by atoms with Crippen LogP contribution in [0.15, 0.2) is 24.3 Å². The van der Waals surface area contributed by atoms with E-state index in [9.17, 15) is 9.59 Å². The third kappa shape index (κ3) is 6.83. The van der Waals surface area contributed by atoms with E-state index in [4.69, 9.17) is 22.3 Å². The van der Waals surface area contributed by atoms with Gasteiger partial charge >= 0.3 is 11.9 Å². The predicted octanol–water partition coefficient (Wildman–Crippen LogP) is 4.38. The number of hydrogen-bond donors (Lipinski definition) is 0. The second kappa shape index (κ2) is 11.1. The lowest BCUT2D eigenvalue weighted by Crippen LogP contribution is -2.20. The molecular weight excluding hydrogens is 340 g/mol. The van der Waals surface area contributed by atoms with Crippen molar-refractivity contribution in [3.05, 3.63) is 29.8 Å². The molecule has 142 valence electrons. The highest BCUT2D eigenvalue weighted by Crippen LogP contribution is 2.25. The van der Waals surface area contributed by atoms with Crippen molar-refractivity contribution >= 4 is 11.9 Å². The number of benzene rings is 1. The highest BCUT2D eigenvalue weighted by molar-refractivity contribution is 5.89. The van der Waals surface area contributed by atoms with Crippen LogP contribution in [-0.2, 0) is 9.53 Å². The molecule has 0 aromatic heterocycles. The summed E-state index contributed by atoms with van der Waals surface area (Å²) in [4.78, 5) is 24.4. The second-order valence-corrected chi connectivity index (χ2v) is 6.91. The Morgan fingerprint density at radius 3 is 2.15 bits per heavy atom. The molecule has 2 rings (SSSR count). The molecular formula is C23H26O4. The number of terminal acetylenes is 2. The minimum atomic E-state index is -0.448. The third-order valence-corrected chi connectivity index (χ3v) is 4.76. The maximum Gasteiger partial charge on any atom is 0.338 e. The lowest BCUT2D eigenvalue weighted by atomic mass is 10.0. The zero-order chi connectivity index (χ0) is 19.5. The maximum atomic E-state index is 12.3. The van der Waals surface area contributed by atoms with Gasteiger partial charge in [-0.3, -0.25) is 4.79 Å². The molecule has 0 atom stereocenters. The minimum Gasteiger partial charge on any atom is -0.462 e. The first-order valence-electron chi connectivity index (χ1n) is 9.50. The molecule has 27 heavy (non-hydrogen) atoms. The van der Waals surface area contributed by atoms with Crippen molar-refractivity contribution < 1.29 is 19.1 Å². The smallest absolute Gasteiger partial charge is 0.338 e. The van der Waals surface area contributed by atoms with Gasteiger partial charge in [-0.15, -0.1) is 24.7 Å². The van der Waals surface area contributed by atoms with Crippen LogP contribution in [0.3, 0.4) is 0 Å². The van der Waals surface area contributed by atoms with Gasteiger partial charge in [-0.05, 0) is 37.1 Å². The molecule has 0 unspecified atom stereocenters. The van der Waals surface area contributed by atoms with Crippen molar-refractivity contribution in [1.82, 2.24) is 0 Å². The fraction of sp³-hybridized carbons (Fsp3) is 0.478. The summed E-state index contributed by atoms with van der Waals surface area (Å²) in [5.41, 5.74) is 0.393. The Hall–Kier alpha value is -2.72. The number of ether oxygens (including phenoxy) is 2. The molecule has 1 aromatic carbocycles. The van der Waals surface area contributed by atoms with Gasteiger partial charge in [0.2, 0.25) is 0 Å². The Morgan fingerprint density at radius 2 is 1.59 bits per heavy atom. The van der Waals surface area contributed by atoms with Crippen LogP contribution in [0.25, 0.3) is 0 Å². The fourth-order valence-electron chi connectivity index (χ4n) is 3.17. The number of rotatable bonds is 7. The summed E-state index contributed by atoms with van der Waals surface area (Å²) in [6, 6.07) is 6.42. The first-order valence-corrected chi connectivity index (χ1v) is 9.50. The van der Waals surface area contributed by atoms with Crippen molar-refractivity contribution in [3.63, 3.8) is 0 Å². The van der Waals surface area contributed by atoms with Crippen LogP contribution in [0.2, 0.25) is 0 Å². The van der Waals surface area contributed by atoms with Gasteiger partial charge in [0.1, 0.15) is 5.75 Å². The van der Waals surface area contributed by atoms with Crippen LogP contribution in [0.1, 0.15) is 61.7 Å². The molecule has 4 heteroatoms. The van der Waals surface area contributed by atoms with E-state index in [1.165, 1.54) is 12.8 Å². The van der Waals surface area contributed by atoms with Gasteiger partial charge in [-0.2, -0.15) is 0 Å². The molecule has 4 nitrogen and oxygen atoms in total. The van der Waals surface area contributed by atoms with E-state index in [1.807, 2.05) is 0 Å². The summed E-state index contributed by atoms with van der Waals surface area (Å²) in [7, 11) is 0. The van der Waals surface area contributed by atoms with E-state index in [1.54, 1.807) is 24.3 Å². The Balaban J connectivity index is 1.86. The Kier molecular flexibility index (Phi) is 8.46. The SMILES string of the molecule is C#CCC(CC#C)COC(=O)c1ccc(OC(=O)C2CCCCCC2)cc1. The number of hydrogen-bond acceptors (Lipinski definition) is 4. The maximum absolute atomic E-state index is 12.3. The van der Waals surface area contributed by atoms with Crippen LogP contribution in [0, 0.1) is 36.5 Å². The summed E-state index contributed by atoms with van der Waals surface area (Å²) < 4.78 is 10.8. The van der Waals surface area contributed by atoms with Crippen molar-refractivity contribution in [2.45, 2.75) is 51.4 Å². The Bertz CT molecular complexity index is 681. The minimum absolute atomic E-state index is 0.0265. The van der Waals surface area contributed by atoms with Crippen molar-refractivity contribution in [2.75, 3.05) is 6.61 Å². The zero-order valence-corrected chi connectivity index (χ0v) is 15.6. The molecule has 1 aliphatic carbocycles. The normalized spacial score (nSPS) is 14.6. The molecule has 0 N–H and O–H groups in total. The standard InChI is InChI=1S/C23H26O4/c1-3-9-18(10-4-2)17-26-22(24)20-13-15-21(16-14-20)27-23(25)19-11-7-5-6-8-12-19/h1-2,13-16,18-19H,5-12,17H2. The molecule has 1 aromatic rings. The topological polar surface area (TPSA) is 52.6 Å². The van der Waals surface area contributed by atoms with Crippen LogP contribution in [-0.4, -0.2) is 18.5 Å². The van der Waals surface area contributed by atoms with E-state index in [2.05, 4.69) is 11.8 Å². The van der Waals surface area contributed by atoms with Crippen LogP contribution in [0.5, 0.6) is 5.75 Å². The predicted molar refractivity (Wildman–Crippen MR) is 104 cm³/mol. The molecule has 0 amide bonds. The molecule has 0 bridgehead atoms. The molecule has 0 heterocycles. The first-order chi connectivity index (χ1) is 13.1. The third-order valence-electron chi connectivity index (χ3n) is 4.76. The summed E-state index contributed by atoms with van der Waals surface area (Å²) in [6.07, 6.45) is 17.8. The lowest BCUT2D eigenvalue weighted by molar-refractivity contribution is -0.139. The molecule has 0 saturated heterocycles. The van der Waals surface area contributed by atoms with Gasteiger partial charge in [0, 0.05) is 18.8 Å². The van der Waals surface area contributed by atoms with Crippen LogP contribution >= 0.6 is 0 Å². The number of carbonyl (C=O) groups excluding carboxylic acids is 2. The average Bonchev–Trinajstić information content (AvgIpc) is 2.96. The highest BCUT2D eigenvalue weighted by Gasteiger charge is 2.22. The van der Waals surface area contributed by atoms with Crippen molar-refractivity contribution in [1.29, 1.82) is 0 Å². The van der Waals surface area contributed by atoms with E-state index in [-0.39, 0.29) is 24.4 Å². The van der Waals surface area contributed by atoms with E-state index >= 15 is 0 Å². The molecule has 1 saturated carbocycles. The van der Waals surface area contributed by atoms with Crippen LogP contribution < -0.4 is 4.74 Å². The van der Waals surface area contributed by atoms with Gasteiger partial charge in [0.05, 0.1) is 18.1 Å². The molecule has 0 radical (unpaired) electrons. The largest absolute Gasteiger partial charge is 0.462 e. The number of carbonyl (C=O) groups is 2.